The van der Waals surface area contributed by atoms with Gasteiger partial charge in [0.1, 0.15) is 0 Å². The van der Waals surface area contributed by atoms with Crippen LogP contribution < -0.4 is 5.32 Å². The minimum atomic E-state index is 0.676. The van der Waals surface area contributed by atoms with E-state index in [2.05, 4.69) is 41.6 Å². The molecule has 0 radical (unpaired) electrons. The molecular weight excluding hydrogens is 270 g/mol. The summed E-state index contributed by atoms with van der Waals surface area (Å²) < 4.78 is 1.94. The maximum absolute atomic E-state index is 4.19. The summed E-state index contributed by atoms with van der Waals surface area (Å²) in [6.07, 6.45) is 5.07. The Labute approximate surface area is 126 Å². The highest BCUT2D eigenvalue weighted by Gasteiger charge is 2.26. The second-order valence-corrected chi connectivity index (χ2v) is 7.21. The summed E-state index contributed by atoms with van der Waals surface area (Å²) in [5, 5.41) is 17.2. The molecule has 114 valence electrons. The Hall–Kier alpha value is -0.620. The molecule has 5 nitrogen and oxygen atoms in total. The zero-order chi connectivity index (χ0) is 14.4. The van der Waals surface area contributed by atoms with Crippen molar-refractivity contribution in [3.63, 3.8) is 0 Å². The lowest BCUT2D eigenvalue weighted by Crippen LogP contribution is -2.24. The Morgan fingerprint density at radius 3 is 2.85 bits per heavy atom. The van der Waals surface area contributed by atoms with E-state index in [1.165, 1.54) is 19.3 Å². The first-order chi connectivity index (χ1) is 9.70. The van der Waals surface area contributed by atoms with Gasteiger partial charge in [0.05, 0.1) is 6.54 Å². The van der Waals surface area contributed by atoms with E-state index in [1.54, 1.807) is 0 Å². The fourth-order valence-electron chi connectivity index (χ4n) is 2.66. The van der Waals surface area contributed by atoms with Crippen LogP contribution in [0.1, 0.15) is 46.5 Å². The normalized spacial score (nSPS) is 26.9. The summed E-state index contributed by atoms with van der Waals surface area (Å²) >= 11 is 1.87. The SMILES string of the molecule is CCCNCCn1nnnc1SC1CCC(C)C(C)C1. The molecule has 1 aliphatic rings. The van der Waals surface area contributed by atoms with E-state index in [-0.39, 0.29) is 0 Å². The summed E-state index contributed by atoms with van der Waals surface area (Å²) in [5.41, 5.74) is 0. The Morgan fingerprint density at radius 1 is 1.25 bits per heavy atom. The van der Waals surface area contributed by atoms with Crippen LogP contribution in [0, 0.1) is 11.8 Å². The largest absolute Gasteiger partial charge is 0.315 e. The van der Waals surface area contributed by atoms with Gasteiger partial charge in [-0.25, -0.2) is 4.68 Å². The average Bonchev–Trinajstić information content (AvgIpc) is 2.86. The van der Waals surface area contributed by atoms with Gasteiger partial charge in [0, 0.05) is 11.8 Å². The summed E-state index contributed by atoms with van der Waals surface area (Å²) in [6.45, 7) is 9.77. The topological polar surface area (TPSA) is 55.6 Å². The molecule has 0 spiro atoms. The number of hydrogen-bond acceptors (Lipinski definition) is 5. The number of tetrazole rings is 1. The summed E-state index contributed by atoms with van der Waals surface area (Å²) in [6, 6.07) is 0. The first-order valence-corrected chi connectivity index (χ1v) is 8.72. The lowest BCUT2D eigenvalue weighted by Gasteiger charge is -2.31. The van der Waals surface area contributed by atoms with Crippen molar-refractivity contribution in [1.82, 2.24) is 25.5 Å². The van der Waals surface area contributed by atoms with E-state index in [1.807, 2.05) is 16.4 Å². The van der Waals surface area contributed by atoms with Crippen molar-refractivity contribution in [2.75, 3.05) is 13.1 Å². The second kappa shape index (κ2) is 7.98. The number of nitrogens with one attached hydrogen (secondary N) is 1. The molecule has 0 bridgehead atoms. The molecule has 0 saturated heterocycles. The third-order valence-electron chi connectivity index (χ3n) is 4.25. The van der Waals surface area contributed by atoms with Gasteiger partial charge >= 0.3 is 0 Å². The Balaban J connectivity index is 1.82. The zero-order valence-corrected chi connectivity index (χ0v) is 13.7. The van der Waals surface area contributed by atoms with Gasteiger partial charge < -0.3 is 5.32 Å². The van der Waals surface area contributed by atoms with Crippen LogP contribution in [0.2, 0.25) is 0 Å². The molecule has 3 atom stereocenters. The number of nitrogens with zero attached hydrogens (tertiary/aromatic N) is 4. The van der Waals surface area contributed by atoms with E-state index in [4.69, 9.17) is 0 Å². The lowest BCUT2D eigenvalue weighted by atomic mass is 9.81. The van der Waals surface area contributed by atoms with Crippen molar-refractivity contribution in [3.05, 3.63) is 0 Å². The van der Waals surface area contributed by atoms with Crippen molar-refractivity contribution in [2.45, 2.75) is 63.4 Å². The number of hydrogen-bond donors (Lipinski definition) is 1. The standard InChI is InChI=1S/C14H27N5S/c1-4-7-15-8-9-19-14(16-17-18-19)20-13-6-5-11(2)12(3)10-13/h11-13,15H,4-10H2,1-3H3. The van der Waals surface area contributed by atoms with Gasteiger partial charge in [0.25, 0.3) is 0 Å². The number of rotatable bonds is 7. The van der Waals surface area contributed by atoms with E-state index in [0.717, 1.165) is 43.0 Å². The van der Waals surface area contributed by atoms with Crippen LogP contribution in [0.25, 0.3) is 0 Å². The molecule has 3 unspecified atom stereocenters. The highest BCUT2D eigenvalue weighted by Crippen LogP contribution is 2.37. The van der Waals surface area contributed by atoms with Crippen LogP contribution in [0.4, 0.5) is 0 Å². The second-order valence-electron chi connectivity index (χ2n) is 5.94. The summed E-state index contributed by atoms with van der Waals surface area (Å²) in [5.74, 6) is 1.68. The van der Waals surface area contributed by atoms with Gasteiger partial charge in [0.15, 0.2) is 0 Å². The molecule has 20 heavy (non-hydrogen) atoms. The highest BCUT2D eigenvalue weighted by molar-refractivity contribution is 7.99. The Kier molecular flexibility index (Phi) is 6.29. The molecule has 0 amide bonds. The molecule has 1 fully saturated rings. The van der Waals surface area contributed by atoms with Crippen LogP contribution in [0.15, 0.2) is 5.16 Å². The molecule has 1 aliphatic carbocycles. The zero-order valence-electron chi connectivity index (χ0n) is 12.9. The van der Waals surface area contributed by atoms with Crippen molar-refractivity contribution in [1.29, 1.82) is 0 Å². The summed E-state index contributed by atoms with van der Waals surface area (Å²) in [7, 11) is 0. The van der Waals surface area contributed by atoms with E-state index in [9.17, 15) is 0 Å². The molecular formula is C14H27N5S. The van der Waals surface area contributed by atoms with Crippen molar-refractivity contribution in [2.24, 2.45) is 11.8 Å². The van der Waals surface area contributed by atoms with Gasteiger partial charge in [-0.05, 0) is 54.5 Å². The predicted molar refractivity (Wildman–Crippen MR) is 82.8 cm³/mol. The number of thioether (sulfide) groups is 1. The minimum absolute atomic E-state index is 0.676. The quantitative estimate of drug-likeness (QED) is 0.784. The van der Waals surface area contributed by atoms with E-state index >= 15 is 0 Å². The summed E-state index contributed by atoms with van der Waals surface area (Å²) in [4.78, 5) is 0. The van der Waals surface area contributed by atoms with Crippen LogP contribution in [0.3, 0.4) is 0 Å². The smallest absolute Gasteiger partial charge is 0.209 e. The minimum Gasteiger partial charge on any atom is -0.315 e. The van der Waals surface area contributed by atoms with E-state index < -0.39 is 0 Å². The van der Waals surface area contributed by atoms with Crippen molar-refractivity contribution >= 4 is 11.8 Å². The predicted octanol–water partition coefficient (Wildman–Crippen LogP) is 2.59. The molecule has 1 aromatic rings. The maximum atomic E-state index is 4.19. The molecule has 2 rings (SSSR count). The third-order valence-corrected chi connectivity index (χ3v) is 5.51. The first-order valence-electron chi connectivity index (χ1n) is 7.84. The van der Waals surface area contributed by atoms with Gasteiger partial charge in [-0.1, -0.05) is 32.5 Å². The average molecular weight is 297 g/mol. The van der Waals surface area contributed by atoms with Gasteiger partial charge in [-0.3, -0.25) is 0 Å². The molecule has 1 heterocycles. The molecule has 0 aliphatic heterocycles. The van der Waals surface area contributed by atoms with Gasteiger partial charge in [-0.2, -0.15) is 0 Å². The fraction of sp³-hybridized carbons (Fsp3) is 0.929. The monoisotopic (exact) mass is 297 g/mol. The van der Waals surface area contributed by atoms with Gasteiger partial charge in [-0.15, -0.1) is 5.10 Å². The Bertz CT molecular complexity index is 395. The van der Waals surface area contributed by atoms with Gasteiger partial charge in [0.2, 0.25) is 5.16 Å². The molecule has 0 aromatic carbocycles. The first kappa shape index (κ1) is 15.8. The van der Waals surface area contributed by atoms with Crippen LogP contribution in [0.5, 0.6) is 0 Å². The fourth-order valence-corrected chi connectivity index (χ4v) is 3.95. The molecule has 1 aromatic heterocycles. The molecule has 1 saturated carbocycles. The molecule has 1 N–H and O–H groups in total. The Morgan fingerprint density at radius 2 is 2.10 bits per heavy atom. The lowest BCUT2D eigenvalue weighted by molar-refractivity contribution is 0.283. The maximum Gasteiger partial charge on any atom is 0.209 e. The van der Waals surface area contributed by atoms with E-state index in [0.29, 0.717) is 5.25 Å². The van der Waals surface area contributed by atoms with Crippen molar-refractivity contribution in [3.8, 4) is 0 Å². The van der Waals surface area contributed by atoms with Crippen molar-refractivity contribution < 1.29 is 0 Å². The third kappa shape index (κ3) is 4.45. The van der Waals surface area contributed by atoms with Crippen LogP contribution >= 0.6 is 11.8 Å². The van der Waals surface area contributed by atoms with Crippen LogP contribution in [-0.4, -0.2) is 38.5 Å². The van der Waals surface area contributed by atoms with Crippen LogP contribution in [-0.2, 0) is 6.54 Å². The highest BCUT2D eigenvalue weighted by atomic mass is 32.2. The molecule has 6 heteroatoms. The number of aromatic nitrogens is 4.